The molecule has 0 radical (unpaired) electrons. The fraction of sp³-hybridized carbons (Fsp3) is 1.00. The number of nitrogens with zero attached hydrogens (tertiary/aromatic N) is 1. The summed E-state index contributed by atoms with van der Waals surface area (Å²) in [4.78, 5) is 2.53. The third kappa shape index (κ3) is 3.23. The highest BCUT2D eigenvalue weighted by molar-refractivity contribution is 4.82. The molecule has 82 valence electrons. The maximum atomic E-state index is 5.29. The molecule has 0 amide bonds. The van der Waals surface area contributed by atoms with Gasteiger partial charge in [-0.05, 0) is 13.3 Å². The fourth-order valence-corrected chi connectivity index (χ4v) is 1.90. The monoisotopic (exact) mass is 199 g/mol. The Morgan fingerprint density at radius 3 is 2.07 bits per heavy atom. The van der Waals surface area contributed by atoms with Crippen LogP contribution in [0.3, 0.4) is 0 Å². The molecule has 0 aromatic carbocycles. The molecule has 0 aromatic heterocycles. The first kappa shape index (κ1) is 10.4. The van der Waals surface area contributed by atoms with E-state index in [2.05, 4.69) is 18.7 Å². The van der Waals surface area contributed by atoms with Gasteiger partial charge in [0.1, 0.15) is 0 Å². The van der Waals surface area contributed by atoms with Crippen LogP contribution in [-0.2, 0) is 9.47 Å². The minimum Gasteiger partial charge on any atom is -0.372 e. The smallest absolute Gasteiger partial charge is 0.0936 e. The summed E-state index contributed by atoms with van der Waals surface area (Å²) in [6, 6.07) is 0.674. The van der Waals surface area contributed by atoms with Crippen LogP contribution in [0.4, 0.5) is 0 Å². The van der Waals surface area contributed by atoms with Crippen molar-refractivity contribution in [3.63, 3.8) is 0 Å². The number of epoxide rings is 2. The predicted octanol–water partition coefficient (Wildman–Crippen LogP) is 1.27. The zero-order valence-corrected chi connectivity index (χ0v) is 9.24. The Balaban J connectivity index is 1.75. The molecule has 14 heavy (non-hydrogen) atoms. The molecule has 3 atom stereocenters. The summed E-state index contributed by atoms with van der Waals surface area (Å²) in [6.07, 6.45) is 3.55. The zero-order valence-electron chi connectivity index (χ0n) is 9.24. The molecule has 0 aliphatic carbocycles. The maximum Gasteiger partial charge on any atom is 0.0936 e. The van der Waals surface area contributed by atoms with E-state index in [1.807, 2.05) is 0 Å². The SMILES string of the molecule is CCCC(C)N(CC1CO1)CC1CO1. The van der Waals surface area contributed by atoms with Crippen LogP contribution >= 0.6 is 0 Å². The van der Waals surface area contributed by atoms with E-state index < -0.39 is 0 Å². The lowest BCUT2D eigenvalue weighted by molar-refractivity contribution is 0.165. The van der Waals surface area contributed by atoms with E-state index in [0.29, 0.717) is 18.2 Å². The molecule has 0 spiro atoms. The summed E-state index contributed by atoms with van der Waals surface area (Å²) >= 11 is 0. The number of ether oxygens (including phenoxy) is 2. The van der Waals surface area contributed by atoms with Gasteiger partial charge in [-0.3, -0.25) is 4.90 Å². The lowest BCUT2D eigenvalue weighted by Crippen LogP contribution is -2.38. The van der Waals surface area contributed by atoms with Crippen LogP contribution in [-0.4, -0.2) is 49.5 Å². The summed E-state index contributed by atoms with van der Waals surface area (Å²) in [6.45, 7) is 8.67. The van der Waals surface area contributed by atoms with Crippen LogP contribution in [0.15, 0.2) is 0 Å². The van der Waals surface area contributed by atoms with E-state index in [9.17, 15) is 0 Å². The average Bonchev–Trinajstić information content (AvgIpc) is 2.97. The predicted molar refractivity (Wildman–Crippen MR) is 55.4 cm³/mol. The standard InChI is InChI=1S/C11H21NO2/c1-3-4-9(2)12(5-10-7-13-10)6-11-8-14-11/h9-11H,3-8H2,1-2H3. The highest BCUT2D eigenvalue weighted by Gasteiger charge is 2.32. The quantitative estimate of drug-likeness (QED) is 0.578. The zero-order chi connectivity index (χ0) is 9.97. The van der Waals surface area contributed by atoms with Gasteiger partial charge in [0.15, 0.2) is 0 Å². The molecule has 2 rings (SSSR count). The first-order chi connectivity index (χ1) is 6.79. The molecule has 0 bridgehead atoms. The maximum absolute atomic E-state index is 5.29. The van der Waals surface area contributed by atoms with E-state index >= 15 is 0 Å². The molecular weight excluding hydrogens is 178 g/mol. The Bertz CT molecular complexity index is 164. The van der Waals surface area contributed by atoms with Gasteiger partial charge in [-0.25, -0.2) is 0 Å². The highest BCUT2D eigenvalue weighted by Crippen LogP contribution is 2.19. The van der Waals surface area contributed by atoms with Gasteiger partial charge in [0.05, 0.1) is 25.4 Å². The second-order valence-electron chi connectivity index (χ2n) is 4.50. The average molecular weight is 199 g/mol. The Morgan fingerprint density at radius 2 is 1.71 bits per heavy atom. The molecule has 2 heterocycles. The number of rotatable bonds is 7. The van der Waals surface area contributed by atoms with Crippen LogP contribution in [0.1, 0.15) is 26.7 Å². The minimum absolute atomic E-state index is 0.507. The molecule has 3 unspecified atom stereocenters. The Labute approximate surface area is 86.4 Å². The summed E-state index contributed by atoms with van der Waals surface area (Å²) in [5.41, 5.74) is 0. The van der Waals surface area contributed by atoms with E-state index in [4.69, 9.17) is 9.47 Å². The third-order valence-electron chi connectivity index (χ3n) is 3.01. The van der Waals surface area contributed by atoms with Crippen LogP contribution in [0.25, 0.3) is 0 Å². The minimum atomic E-state index is 0.507. The van der Waals surface area contributed by atoms with Gasteiger partial charge >= 0.3 is 0 Å². The van der Waals surface area contributed by atoms with Gasteiger partial charge in [0.2, 0.25) is 0 Å². The van der Waals surface area contributed by atoms with Crippen LogP contribution in [0, 0.1) is 0 Å². The molecule has 3 nitrogen and oxygen atoms in total. The summed E-state index contributed by atoms with van der Waals surface area (Å²) in [5.74, 6) is 0. The van der Waals surface area contributed by atoms with Crippen molar-refractivity contribution in [2.75, 3.05) is 26.3 Å². The first-order valence-corrected chi connectivity index (χ1v) is 5.77. The summed E-state index contributed by atoms with van der Waals surface area (Å²) in [5, 5.41) is 0. The van der Waals surface area contributed by atoms with Crippen molar-refractivity contribution < 1.29 is 9.47 Å². The van der Waals surface area contributed by atoms with E-state index in [0.717, 1.165) is 26.3 Å². The van der Waals surface area contributed by atoms with E-state index in [-0.39, 0.29) is 0 Å². The second-order valence-corrected chi connectivity index (χ2v) is 4.50. The summed E-state index contributed by atoms with van der Waals surface area (Å²) < 4.78 is 10.6. The molecule has 0 N–H and O–H groups in total. The first-order valence-electron chi connectivity index (χ1n) is 5.77. The molecule has 0 aromatic rings. The topological polar surface area (TPSA) is 28.3 Å². The van der Waals surface area contributed by atoms with Crippen molar-refractivity contribution >= 4 is 0 Å². The molecule has 2 aliphatic heterocycles. The van der Waals surface area contributed by atoms with Crippen molar-refractivity contribution in [3.05, 3.63) is 0 Å². The van der Waals surface area contributed by atoms with Crippen molar-refractivity contribution in [1.82, 2.24) is 4.90 Å². The van der Waals surface area contributed by atoms with Gasteiger partial charge in [0, 0.05) is 19.1 Å². The normalized spacial score (nSPS) is 31.9. The van der Waals surface area contributed by atoms with Gasteiger partial charge in [-0.15, -0.1) is 0 Å². The lowest BCUT2D eigenvalue weighted by Gasteiger charge is -2.27. The summed E-state index contributed by atoms with van der Waals surface area (Å²) in [7, 11) is 0. The van der Waals surface area contributed by atoms with E-state index in [1.165, 1.54) is 12.8 Å². The lowest BCUT2D eigenvalue weighted by atomic mass is 10.1. The van der Waals surface area contributed by atoms with Crippen molar-refractivity contribution in [1.29, 1.82) is 0 Å². The van der Waals surface area contributed by atoms with Gasteiger partial charge < -0.3 is 9.47 Å². The third-order valence-corrected chi connectivity index (χ3v) is 3.01. The Morgan fingerprint density at radius 1 is 1.21 bits per heavy atom. The number of hydrogen-bond donors (Lipinski definition) is 0. The fourth-order valence-electron chi connectivity index (χ4n) is 1.90. The molecule has 3 heteroatoms. The van der Waals surface area contributed by atoms with Crippen LogP contribution < -0.4 is 0 Å². The number of hydrogen-bond acceptors (Lipinski definition) is 3. The Hall–Kier alpha value is -0.120. The van der Waals surface area contributed by atoms with E-state index in [1.54, 1.807) is 0 Å². The molecule has 0 saturated carbocycles. The molecular formula is C11H21NO2. The highest BCUT2D eigenvalue weighted by atomic mass is 16.6. The largest absolute Gasteiger partial charge is 0.372 e. The molecule has 2 aliphatic rings. The van der Waals surface area contributed by atoms with Crippen molar-refractivity contribution in [3.8, 4) is 0 Å². The Kier molecular flexibility index (Phi) is 3.42. The van der Waals surface area contributed by atoms with Crippen molar-refractivity contribution in [2.45, 2.75) is 44.9 Å². The molecule has 2 saturated heterocycles. The van der Waals surface area contributed by atoms with Gasteiger partial charge in [-0.2, -0.15) is 0 Å². The molecule has 2 fully saturated rings. The van der Waals surface area contributed by atoms with Gasteiger partial charge in [0.25, 0.3) is 0 Å². The van der Waals surface area contributed by atoms with Gasteiger partial charge in [-0.1, -0.05) is 13.3 Å². The van der Waals surface area contributed by atoms with Crippen LogP contribution in [0.5, 0.6) is 0 Å². The second kappa shape index (κ2) is 4.60. The van der Waals surface area contributed by atoms with Crippen LogP contribution in [0.2, 0.25) is 0 Å². The van der Waals surface area contributed by atoms with Crippen molar-refractivity contribution in [2.24, 2.45) is 0 Å².